The van der Waals surface area contributed by atoms with Gasteiger partial charge in [0.05, 0.1) is 0 Å². The van der Waals surface area contributed by atoms with Crippen LogP contribution in [0.4, 0.5) is 0 Å². The maximum absolute atomic E-state index is 8.50. The molecule has 0 spiro atoms. The number of hydrogen-bond donors (Lipinski definition) is 1. The molecule has 0 unspecified atom stereocenters. The van der Waals surface area contributed by atoms with Crippen LogP contribution in [0.2, 0.25) is 0 Å². The van der Waals surface area contributed by atoms with Crippen molar-refractivity contribution in [1.29, 1.82) is 0 Å². The van der Waals surface area contributed by atoms with Crippen molar-refractivity contribution >= 4 is 11.8 Å². The molecule has 1 N–H and O–H groups in total. The highest BCUT2D eigenvalue weighted by atomic mass is 32.2. The molecule has 4 heteroatoms. The number of nitrogens with zero attached hydrogens (tertiary/aromatic N) is 2. The summed E-state index contributed by atoms with van der Waals surface area (Å²) in [5.41, 5.74) is 0. The number of thioether (sulfide) groups is 1. The first-order chi connectivity index (χ1) is 5.43. The van der Waals surface area contributed by atoms with Crippen molar-refractivity contribution in [2.45, 2.75) is 11.3 Å². The van der Waals surface area contributed by atoms with Gasteiger partial charge in [0, 0.05) is 29.6 Å². The zero-order valence-electron chi connectivity index (χ0n) is 6.10. The molecule has 1 heterocycles. The molecule has 0 saturated heterocycles. The second-order valence-corrected chi connectivity index (χ2v) is 3.17. The molecule has 0 atom stereocenters. The fourth-order valence-electron chi connectivity index (χ4n) is 0.615. The minimum atomic E-state index is 0.251. The largest absolute Gasteiger partial charge is 0.396 e. The zero-order valence-corrected chi connectivity index (χ0v) is 6.92. The molecule has 0 aliphatic rings. The maximum atomic E-state index is 8.50. The van der Waals surface area contributed by atoms with Crippen molar-refractivity contribution in [1.82, 2.24) is 9.97 Å². The lowest BCUT2D eigenvalue weighted by atomic mass is 10.5. The van der Waals surface area contributed by atoms with Gasteiger partial charge in [-0.25, -0.2) is 9.97 Å². The minimum absolute atomic E-state index is 0.251. The Hall–Kier alpha value is -0.610. The highest BCUT2D eigenvalue weighted by Gasteiger charge is 1.91. The molecule has 0 aromatic carbocycles. The van der Waals surface area contributed by atoms with Crippen molar-refractivity contribution < 1.29 is 5.11 Å². The summed E-state index contributed by atoms with van der Waals surface area (Å²) in [5, 5.41) is 8.50. The van der Waals surface area contributed by atoms with E-state index in [-0.39, 0.29) is 6.61 Å². The molecule has 1 aromatic rings. The van der Waals surface area contributed by atoms with Gasteiger partial charge in [-0.2, -0.15) is 0 Å². The number of aliphatic hydroxyl groups is 1. The van der Waals surface area contributed by atoms with Crippen LogP contribution in [0.15, 0.2) is 23.6 Å². The SMILES string of the molecule is OCCCSc1cncnc1. The summed E-state index contributed by atoms with van der Waals surface area (Å²) in [5.74, 6) is 0.921. The minimum Gasteiger partial charge on any atom is -0.396 e. The Labute approximate surface area is 69.9 Å². The quantitative estimate of drug-likeness (QED) is 0.540. The second kappa shape index (κ2) is 5.09. The van der Waals surface area contributed by atoms with Crippen LogP contribution in [-0.4, -0.2) is 27.4 Å². The van der Waals surface area contributed by atoms with E-state index < -0.39 is 0 Å². The summed E-state index contributed by atoms with van der Waals surface area (Å²) in [4.78, 5) is 8.79. The maximum Gasteiger partial charge on any atom is 0.115 e. The van der Waals surface area contributed by atoms with Gasteiger partial charge in [0.1, 0.15) is 6.33 Å². The Balaban J connectivity index is 2.28. The van der Waals surface area contributed by atoms with Crippen LogP contribution in [0.1, 0.15) is 6.42 Å². The molecular weight excluding hydrogens is 160 g/mol. The molecule has 11 heavy (non-hydrogen) atoms. The number of rotatable bonds is 4. The molecule has 3 nitrogen and oxygen atoms in total. The van der Waals surface area contributed by atoms with Crippen molar-refractivity contribution in [3.8, 4) is 0 Å². The summed E-state index contributed by atoms with van der Waals surface area (Å²) >= 11 is 1.66. The smallest absolute Gasteiger partial charge is 0.115 e. The van der Waals surface area contributed by atoms with Crippen molar-refractivity contribution in [3.63, 3.8) is 0 Å². The van der Waals surface area contributed by atoms with Crippen LogP contribution in [-0.2, 0) is 0 Å². The van der Waals surface area contributed by atoms with E-state index >= 15 is 0 Å². The Morgan fingerprint density at radius 2 is 2.09 bits per heavy atom. The fraction of sp³-hybridized carbons (Fsp3) is 0.429. The molecule has 0 amide bonds. The third-order valence-electron chi connectivity index (χ3n) is 1.11. The number of hydrogen-bond acceptors (Lipinski definition) is 4. The number of aromatic nitrogens is 2. The lowest BCUT2D eigenvalue weighted by Gasteiger charge is -1.96. The molecule has 0 radical (unpaired) electrons. The average Bonchev–Trinajstić information content (AvgIpc) is 2.07. The van der Waals surface area contributed by atoms with Gasteiger partial charge in [0.15, 0.2) is 0 Å². The molecular formula is C7H10N2OS. The topological polar surface area (TPSA) is 46.0 Å². The summed E-state index contributed by atoms with van der Waals surface area (Å²) < 4.78 is 0. The highest BCUT2D eigenvalue weighted by Crippen LogP contribution is 2.14. The standard InChI is InChI=1S/C7H10N2OS/c10-2-1-3-11-7-4-8-6-9-5-7/h4-6,10H,1-3H2. The van der Waals surface area contributed by atoms with Gasteiger partial charge in [-0.1, -0.05) is 0 Å². The first-order valence-electron chi connectivity index (χ1n) is 3.42. The first kappa shape index (κ1) is 8.49. The second-order valence-electron chi connectivity index (χ2n) is 2.00. The van der Waals surface area contributed by atoms with E-state index in [4.69, 9.17) is 5.11 Å². The number of aliphatic hydroxyl groups excluding tert-OH is 1. The molecule has 0 saturated carbocycles. The molecule has 0 aliphatic heterocycles. The van der Waals surface area contributed by atoms with Gasteiger partial charge >= 0.3 is 0 Å². The van der Waals surface area contributed by atoms with Gasteiger partial charge in [-0.3, -0.25) is 0 Å². The Morgan fingerprint density at radius 3 is 2.73 bits per heavy atom. The Bertz CT molecular complexity index is 193. The Morgan fingerprint density at radius 1 is 1.36 bits per heavy atom. The van der Waals surface area contributed by atoms with E-state index in [2.05, 4.69) is 9.97 Å². The predicted octanol–water partition coefficient (Wildman–Crippen LogP) is 0.951. The third kappa shape index (κ3) is 3.34. The first-order valence-corrected chi connectivity index (χ1v) is 4.40. The van der Waals surface area contributed by atoms with Crippen molar-refractivity contribution in [2.75, 3.05) is 12.4 Å². The van der Waals surface area contributed by atoms with E-state index in [1.807, 2.05) is 0 Å². The van der Waals surface area contributed by atoms with Crippen LogP contribution < -0.4 is 0 Å². The molecule has 0 aliphatic carbocycles. The summed E-state index contributed by atoms with van der Waals surface area (Å²) in [6.07, 6.45) is 5.87. The van der Waals surface area contributed by atoms with Crippen molar-refractivity contribution in [2.24, 2.45) is 0 Å². The molecule has 60 valence electrons. The Kier molecular flexibility index (Phi) is 3.93. The fourth-order valence-corrected chi connectivity index (χ4v) is 1.39. The summed E-state index contributed by atoms with van der Waals surface area (Å²) in [7, 11) is 0. The van der Waals surface area contributed by atoms with E-state index in [0.717, 1.165) is 17.1 Å². The average molecular weight is 170 g/mol. The van der Waals surface area contributed by atoms with Gasteiger partial charge in [0.25, 0.3) is 0 Å². The van der Waals surface area contributed by atoms with E-state index in [0.29, 0.717) is 0 Å². The molecule has 0 bridgehead atoms. The van der Waals surface area contributed by atoms with Crippen LogP contribution in [0.5, 0.6) is 0 Å². The van der Waals surface area contributed by atoms with Gasteiger partial charge in [-0.15, -0.1) is 11.8 Å². The van der Waals surface area contributed by atoms with Crippen LogP contribution >= 0.6 is 11.8 Å². The highest BCUT2D eigenvalue weighted by molar-refractivity contribution is 7.99. The predicted molar refractivity (Wildman–Crippen MR) is 44.5 cm³/mol. The lowest BCUT2D eigenvalue weighted by Crippen LogP contribution is -1.86. The normalized spacial score (nSPS) is 9.91. The summed E-state index contributed by atoms with van der Waals surface area (Å²) in [6.45, 7) is 0.251. The summed E-state index contributed by atoms with van der Waals surface area (Å²) in [6, 6.07) is 0. The van der Waals surface area contributed by atoms with Gasteiger partial charge in [-0.05, 0) is 6.42 Å². The van der Waals surface area contributed by atoms with Crippen LogP contribution in [0.25, 0.3) is 0 Å². The lowest BCUT2D eigenvalue weighted by molar-refractivity contribution is 0.296. The van der Waals surface area contributed by atoms with E-state index in [9.17, 15) is 0 Å². The van der Waals surface area contributed by atoms with Gasteiger partial charge in [0.2, 0.25) is 0 Å². The third-order valence-corrected chi connectivity index (χ3v) is 2.15. The molecule has 1 rings (SSSR count). The van der Waals surface area contributed by atoms with Crippen molar-refractivity contribution in [3.05, 3.63) is 18.7 Å². The molecule has 0 fully saturated rings. The van der Waals surface area contributed by atoms with Crippen LogP contribution in [0.3, 0.4) is 0 Å². The van der Waals surface area contributed by atoms with Gasteiger partial charge < -0.3 is 5.11 Å². The van der Waals surface area contributed by atoms with E-state index in [1.165, 1.54) is 6.33 Å². The van der Waals surface area contributed by atoms with E-state index in [1.54, 1.807) is 24.2 Å². The molecule has 1 aromatic heterocycles. The monoisotopic (exact) mass is 170 g/mol. The van der Waals surface area contributed by atoms with Crippen LogP contribution in [0, 0.1) is 0 Å². The zero-order chi connectivity index (χ0) is 7.94.